The quantitative estimate of drug-likeness (QED) is 0.787. The first-order valence-electron chi connectivity index (χ1n) is 4.19. The molecule has 0 spiro atoms. The third kappa shape index (κ3) is 3.37. The summed E-state index contributed by atoms with van der Waals surface area (Å²) in [5.74, 6) is 0. The number of aryl methyl sites for hydroxylation is 1. The minimum absolute atomic E-state index is 0.624. The van der Waals surface area contributed by atoms with Crippen LogP contribution in [0, 0.1) is 6.92 Å². The van der Waals surface area contributed by atoms with E-state index in [2.05, 4.69) is 28.9 Å². The zero-order valence-corrected chi connectivity index (χ0v) is 9.48. The van der Waals surface area contributed by atoms with Gasteiger partial charge in [0.25, 0.3) is 0 Å². The molecule has 0 heterocycles. The number of nitrogens with two attached hydrogens (primary N) is 1. The molecule has 0 amide bonds. The van der Waals surface area contributed by atoms with E-state index in [1.807, 2.05) is 26.0 Å². The average Bonchev–Trinajstić information content (AvgIpc) is 2.08. The minimum Gasteiger partial charge on any atom is -0.326 e. The number of hydrogen-bond acceptors (Lipinski definition) is 1. The fourth-order valence-corrected chi connectivity index (χ4v) is 1.36. The maximum Gasteiger partial charge on any atom is 0.0180 e. The Hall–Kier alpha value is -0.340. The highest BCUT2D eigenvalue weighted by molar-refractivity contribution is 9.10. The third-order valence-electron chi connectivity index (χ3n) is 1.52. The molecule has 12 heavy (non-hydrogen) atoms. The molecule has 0 unspecified atom stereocenters. The van der Waals surface area contributed by atoms with Crippen molar-refractivity contribution in [1.29, 1.82) is 0 Å². The predicted octanol–water partition coefficient (Wildman–Crippen LogP) is 3.24. The molecule has 0 bridgehead atoms. The van der Waals surface area contributed by atoms with Crippen molar-refractivity contribution in [3.63, 3.8) is 0 Å². The SMILES string of the molecule is CC.Cc1cc(Br)ccc1CN. The largest absolute Gasteiger partial charge is 0.326 e. The van der Waals surface area contributed by atoms with Crippen LogP contribution >= 0.6 is 15.9 Å². The fraction of sp³-hybridized carbons (Fsp3) is 0.400. The maximum absolute atomic E-state index is 5.49. The van der Waals surface area contributed by atoms with Crippen LogP contribution in [0.2, 0.25) is 0 Å². The number of halogens is 1. The van der Waals surface area contributed by atoms with Crippen molar-refractivity contribution in [2.75, 3.05) is 0 Å². The van der Waals surface area contributed by atoms with Gasteiger partial charge in [0.05, 0.1) is 0 Å². The molecule has 0 fully saturated rings. The van der Waals surface area contributed by atoms with Gasteiger partial charge < -0.3 is 5.73 Å². The van der Waals surface area contributed by atoms with Crippen LogP contribution in [0.4, 0.5) is 0 Å². The summed E-state index contributed by atoms with van der Waals surface area (Å²) >= 11 is 3.38. The second-order valence-electron chi connectivity index (χ2n) is 2.27. The maximum atomic E-state index is 5.49. The Morgan fingerprint density at radius 3 is 2.33 bits per heavy atom. The zero-order chi connectivity index (χ0) is 9.56. The van der Waals surface area contributed by atoms with Crippen molar-refractivity contribution in [3.05, 3.63) is 33.8 Å². The first kappa shape index (κ1) is 11.7. The Bertz CT molecular complexity index is 233. The molecule has 0 saturated heterocycles. The summed E-state index contributed by atoms with van der Waals surface area (Å²) in [6.45, 7) is 6.69. The highest BCUT2D eigenvalue weighted by Crippen LogP contribution is 2.14. The van der Waals surface area contributed by atoms with E-state index in [4.69, 9.17) is 5.73 Å². The fourth-order valence-electron chi connectivity index (χ4n) is 0.888. The lowest BCUT2D eigenvalue weighted by atomic mass is 10.1. The van der Waals surface area contributed by atoms with E-state index in [1.54, 1.807) is 0 Å². The molecule has 1 aromatic carbocycles. The van der Waals surface area contributed by atoms with Gasteiger partial charge in [0.15, 0.2) is 0 Å². The molecule has 1 rings (SSSR count). The first-order valence-corrected chi connectivity index (χ1v) is 4.98. The van der Waals surface area contributed by atoms with Crippen molar-refractivity contribution >= 4 is 15.9 Å². The summed E-state index contributed by atoms with van der Waals surface area (Å²) in [6, 6.07) is 6.12. The molecule has 1 nitrogen and oxygen atoms in total. The molecule has 1 aromatic rings. The van der Waals surface area contributed by atoms with Crippen LogP contribution in [0.15, 0.2) is 22.7 Å². The standard InChI is InChI=1S/C8H10BrN.C2H6/c1-6-4-8(9)3-2-7(6)5-10;1-2/h2-4H,5,10H2,1H3;1-2H3. The molecule has 0 atom stereocenters. The van der Waals surface area contributed by atoms with Crippen LogP contribution in [0.1, 0.15) is 25.0 Å². The summed E-state index contributed by atoms with van der Waals surface area (Å²) in [6.07, 6.45) is 0. The minimum atomic E-state index is 0.624. The second-order valence-corrected chi connectivity index (χ2v) is 3.19. The zero-order valence-electron chi connectivity index (χ0n) is 7.89. The molecule has 0 aliphatic carbocycles. The molecule has 68 valence electrons. The second kappa shape index (κ2) is 6.21. The van der Waals surface area contributed by atoms with Crippen molar-refractivity contribution < 1.29 is 0 Å². The van der Waals surface area contributed by atoms with Crippen LogP contribution in [0.3, 0.4) is 0 Å². The Kier molecular flexibility index (Phi) is 6.03. The average molecular weight is 230 g/mol. The molecule has 0 radical (unpaired) electrons. The lowest BCUT2D eigenvalue weighted by molar-refractivity contribution is 1.05. The molecule has 0 aliphatic heterocycles. The van der Waals surface area contributed by atoms with Crippen LogP contribution in [0.5, 0.6) is 0 Å². The van der Waals surface area contributed by atoms with Gasteiger partial charge in [0.1, 0.15) is 0 Å². The Morgan fingerprint density at radius 1 is 1.33 bits per heavy atom. The van der Waals surface area contributed by atoms with Crippen LogP contribution in [0.25, 0.3) is 0 Å². The van der Waals surface area contributed by atoms with Crippen LogP contribution in [-0.4, -0.2) is 0 Å². The normalized spacial score (nSPS) is 8.75. The third-order valence-corrected chi connectivity index (χ3v) is 2.02. The molecule has 2 heteroatoms. The smallest absolute Gasteiger partial charge is 0.0180 e. The molecule has 0 saturated carbocycles. The van der Waals surface area contributed by atoms with E-state index in [0.29, 0.717) is 6.54 Å². The number of rotatable bonds is 1. The van der Waals surface area contributed by atoms with E-state index >= 15 is 0 Å². The summed E-state index contributed by atoms with van der Waals surface area (Å²) < 4.78 is 1.11. The number of benzene rings is 1. The Labute approximate surface area is 83.1 Å². The van der Waals surface area contributed by atoms with Crippen molar-refractivity contribution in [1.82, 2.24) is 0 Å². The van der Waals surface area contributed by atoms with Gasteiger partial charge in [-0.3, -0.25) is 0 Å². The van der Waals surface area contributed by atoms with E-state index in [1.165, 1.54) is 11.1 Å². The van der Waals surface area contributed by atoms with Gasteiger partial charge in [0.2, 0.25) is 0 Å². The van der Waals surface area contributed by atoms with Gasteiger partial charge in [-0.15, -0.1) is 0 Å². The Morgan fingerprint density at radius 2 is 1.92 bits per heavy atom. The first-order chi connectivity index (χ1) is 5.74. The highest BCUT2D eigenvalue weighted by Gasteiger charge is 1.94. The van der Waals surface area contributed by atoms with Crippen molar-refractivity contribution in [2.45, 2.75) is 27.3 Å². The van der Waals surface area contributed by atoms with Crippen LogP contribution < -0.4 is 5.73 Å². The predicted molar refractivity (Wildman–Crippen MR) is 58.1 cm³/mol. The van der Waals surface area contributed by atoms with Gasteiger partial charge in [-0.1, -0.05) is 35.8 Å². The van der Waals surface area contributed by atoms with E-state index in [-0.39, 0.29) is 0 Å². The van der Waals surface area contributed by atoms with E-state index in [9.17, 15) is 0 Å². The van der Waals surface area contributed by atoms with Gasteiger partial charge in [-0.2, -0.15) is 0 Å². The highest BCUT2D eigenvalue weighted by atomic mass is 79.9. The van der Waals surface area contributed by atoms with Gasteiger partial charge in [-0.25, -0.2) is 0 Å². The van der Waals surface area contributed by atoms with Gasteiger partial charge in [0, 0.05) is 11.0 Å². The molecule has 0 aliphatic rings. The summed E-state index contributed by atoms with van der Waals surface area (Å²) in [5.41, 5.74) is 7.94. The van der Waals surface area contributed by atoms with E-state index < -0.39 is 0 Å². The molecule has 2 N–H and O–H groups in total. The van der Waals surface area contributed by atoms with E-state index in [0.717, 1.165) is 4.47 Å². The monoisotopic (exact) mass is 229 g/mol. The van der Waals surface area contributed by atoms with Gasteiger partial charge >= 0.3 is 0 Å². The van der Waals surface area contributed by atoms with Gasteiger partial charge in [-0.05, 0) is 30.2 Å². The van der Waals surface area contributed by atoms with Crippen molar-refractivity contribution in [3.8, 4) is 0 Å². The van der Waals surface area contributed by atoms with Crippen LogP contribution in [-0.2, 0) is 6.54 Å². The molecule has 0 aromatic heterocycles. The summed E-state index contributed by atoms with van der Waals surface area (Å²) in [7, 11) is 0. The number of hydrogen-bond donors (Lipinski definition) is 1. The lowest BCUT2D eigenvalue weighted by Gasteiger charge is -2.01. The molecular weight excluding hydrogens is 214 g/mol. The summed E-state index contributed by atoms with van der Waals surface area (Å²) in [5, 5.41) is 0. The summed E-state index contributed by atoms with van der Waals surface area (Å²) in [4.78, 5) is 0. The Balaban J connectivity index is 0.000000561. The van der Waals surface area contributed by atoms with Crippen molar-refractivity contribution in [2.24, 2.45) is 5.73 Å². The molecular formula is C10H16BrN. The lowest BCUT2D eigenvalue weighted by Crippen LogP contribution is -1.98. The topological polar surface area (TPSA) is 26.0 Å².